The summed E-state index contributed by atoms with van der Waals surface area (Å²) in [4.78, 5) is 17.4. The zero-order chi connectivity index (χ0) is 12.1. The fraction of sp³-hybridized carbons (Fsp3) is 0.400. The average molecular weight is 446 g/mol. The predicted octanol–water partition coefficient (Wildman–Crippen LogP) is 3.13. The molecule has 6 heteroatoms. The molecule has 0 unspecified atom stereocenters. The van der Waals surface area contributed by atoms with Gasteiger partial charge in [-0.05, 0) is 59.0 Å². The third-order valence-corrected chi connectivity index (χ3v) is 3.56. The zero-order valence-corrected chi connectivity index (χ0v) is 13.4. The van der Waals surface area contributed by atoms with E-state index in [1.165, 1.54) is 0 Å². The van der Waals surface area contributed by atoms with Crippen molar-refractivity contribution in [2.24, 2.45) is 0 Å². The normalized spacial score (nSPS) is 10.0. The van der Waals surface area contributed by atoms with Crippen LogP contribution in [0.5, 0.6) is 5.75 Å². The number of rotatable bonds is 3. The standard InChI is InChI=1S/C10H12I2N2O2/c1-3-14(4-2)10(15)16-9-7(11)5-13-6-8(9)12/h5-6H,3-4H2,1-2H3. The van der Waals surface area contributed by atoms with Gasteiger partial charge in [0.1, 0.15) is 0 Å². The van der Waals surface area contributed by atoms with Gasteiger partial charge in [-0.15, -0.1) is 0 Å². The van der Waals surface area contributed by atoms with Crippen molar-refractivity contribution in [3.05, 3.63) is 19.5 Å². The van der Waals surface area contributed by atoms with Gasteiger partial charge in [0.2, 0.25) is 0 Å². The molecule has 0 fully saturated rings. The van der Waals surface area contributed by atoms with Crippen LogP contribution in [0, 0.1) is 7.14 Å². The fourth-order valence-corrected chi connectivity index (χ4v) is 2.77. The lowest BCUT2D eigenvalue weighted by atomic mass is 10.4. The molecule has 0 saturated heterocycles. The first-order valence-electron chi connectivity index (χ1n) is 4.85. The van der Waals surface area contributed by atoms with E-state index in [1.54, 1.807) is 17.3 Å². The SMILES string of the molecule is CCN(CC)C(=O)Oc1c(I)cncc1I. The van der Waals surface area contributed by atoms with E-state index in [2.05, 4.69) is 50.2 Å². The Morgan fingerprint density at radius 1 is 1.31 bits per heavy atom. The van der Waals surface area contributed by atoms with Gasteiger partial charge in [0, 0.05) is 25.5 Å². The first kappa shape index (κ1) is 13.9. The van der Waals surface area contributed by atoms with Crippen LogP contribution in [0.1, 0.15) is 13.8 Å². The fourth-order valence-electron chi connectivity index (χ4n) is 1.13. The first-order chi connectivity index (χ1) is 7.60. The summed E-state index contributed by atoms with van der Waals surface area (Å²) in [6.07, 6.45) is 3.04. The number of hydrogen-bond acceptors (Lipinski definition) is 3. The summed E-state index contributed by atoms with van der Waals surface area (Å²) in [5.41, 5.74) is 0. The van der Waals surface area contributed by atoms with E-state index >= 15 is 0 Å². The van der Waals surface area contributed by atoms with Gasteiger partial charge in [-0.2, -0.15) is 0 Å². The third-order valence-electron chi connectivity index (χ3n) is 2.02. The average Bonchev–Trinajstić information content (AvgIpc) is 2.25. The Morgan fingerprint density at radius 2 is 1.81 bits per heavy atom. The monoisotopic (exact) mass is 446 g/mol. The minimum Gasteiger partial charge on any atom is -0.408 e. The maximum atomic E-state index is 11.8. The topological polar surface area (TPSA) is 42.4 Å². The number of pyridine rings is 1. The molecule has 1 aromatic heterocycles. The highest BCUT2D eigenvalue weighted by Gasteiger charge is 2.15. The van der Waals surface area contributed by atoms with Gasteiger partial charge in [0.15, 0.2) is 5.75 Å². The maximum Gasteiger partial charge on any atom is 0.415 e. The van der Waals surface area contributed by atoms with Crippen molar-refractivity contribution in [2.75, 3.05) is 13.1 Å². The quantitative estimate of drug-likeness (QED) is 0.671. The molecule has 0 radical (unpaired) electrons. The molecule has 0 bridgehead atoms. The van der Waals surface area contributed by atoms with Crippen LogP contribution >= 0.6 is 45.2 Å². The van der Waals surface area contributed by atoms with E-state index in [9.17, 15) is 4.79 Å². The van der Waals surface area contributed by atoms with Gasteiger partial charge >= 0.3 is 6.09 Å². The van der Waals surface area contributed by atoms with Crippen LogP contribution in [0.15, 0.2) is 12.4 Å². The van der Waals surface area contributed by atoms with E-state index in [0.29, 0.717) is 18.8 Å². The Kier molecular flexibility index (Phi) is 5.73. The van der Waals surface area contributed by atoms with Crippen LogP contribution in [0.4, 0.5) is 4.79 Å². The minimum absolute atomic E-state index is 0.313. The lowest BCUT2D eigenvalue weighted by Gasteiger charge is -2.18. The van der Waals surface area contributed by atoms with Crippen molar-refractivity contribution >= 4 is 51.3 Å². The molecule has 0 N–H and O–H groups in total. The van der Waals surface area contributed by atoms with Gasteiger partial charge in [0.05, 0.1) is 7.14 Å². The zero-order valence-electron chi connectivity index (χ0n) is 9.04. The lowest BCUT2D eigenvalue weighted by Crippen LogP contribution is -2.33. The highest BCUT2D eigenvalue weighted by atomic mass is 127. The van der Waals surface area contributed by atoms with Crippen molar-refractivity contribution in [1.29, 1.82) is 0 Å². The number of aromatic nitrogens is 1. The maximum absolute atomic E-state index is 11.8. The van der Waals surface area contributed by atoms with Crippen LogP contribution in [0.25, 0.3) is 0 Å². The molecule has 1 amide bonds. The molecule has 1 rings (SSSR count). The third kappa shape index (κ3) is 3.44. The van der Waals surface area contributed by atoms with Crippen LogP contribution in [0.2, 0.25) is 0 Å². The number of carbonyl (C=O) groups is 1. The minimum atomic E-state index is -0.313. The van der Waals surface area contributed by atoms with Gasteiger partial charge in [-0.25, -0.2) is 4.79 Å². The molecule has 1 heterocycles. The Balaban J connectivity index is 2.84. The molecular weight excluding hydrogens is 434 g/mol. The largest absolute Gasteiger partial charge is 0.415 e. The van der Waals surface area contributed by atoms with E-state index in [-0.39, 0.29) is 6.09 Å². The highest BCUT2D eigenvalue weighted by Crippen LogP contribution is 2.26. The summed E-state index contributed by atoms with van der Waals surface area (Å²) in [5.74, 6) is 0.591. The predicted molar refractivity (Wildman–Crippen MR) is 78.6 cm³/mol. The van der Waals surface area contributed by atoms with E-state index in [4.69, 9.17) is 4.74 Å². The molecule has 1 aromatic rings. The molecule has 0 aliphatic carbocycles. The molecule has 0 atom stereocenters. The summed E-state index contributed by atoms with van der Waals surface area (Å²) in [5, 5.41) is 0. The smallest absolute Gasteiger partial charge is 0.408 e. The van der Waals surface area contributed by atoms with Crippen molar-refractivity contribution in [1.82, 2.24) is 9.88 Å². The van der Waals surface area contributed by atoms with Crippen LogP contribution in [-0.2, 0) is 0 Å². The summed E-state index contributed by atoms with van der Waals surface area (Å²) in [6.45, 7) is 5.14. The number of carbonyl (C=O) groups excluding carboxylic acids is 1. The van der Waals surface area contributed by atoms with E-state index in [1.807, 2.05) is 13.8 Å². The van der Waals surface area contributed by atoms with Gasteiger partial charge < -0.3 is 9.64 Å². The number of hydrogen-bond donors (Lipinski definition) is 0. The number of ether oxygens (including phenoxy) is 1. The summed E-state index contributed by atoms with van der Waals surface area (Å²) >= 11 is 4.21. The second-order valence-electron chi connectivity index (χ2n) is 2.97. The highest BCUT2D eigenvalue weighted by molar-refractivity contribution is 14.1. The molecule has 0 aliphatic rings. The Bertz CT molecular complexity index is 361. The molecule has 4 nitrogen and oxygen atoms in total. The van der Waals surface area contributed by atoms with Crippen LogP contribution in [-0.4, -0.2) is 29.1 Å². The number of halogens is 2. The Morgan fingerprint density at radius 3 is 2.25 bits per heavy atom. The summed E-state index contributed by atoms with van der Waals surface area (Å²) in [6, 6.07) is 0. The molecular formula is C10H12I2N2O2. The molecule has 0 spiro atoms. The molecule has 0 aliphatic heterocycles. The second kappa shape index (κ2) is 6.58. The van der Waals surface area contributed by atoms with E-state index in [0.717, 1.165) is 7.14 Å². The number of nitrogens with zero attached hydrogens (tertiary/aromatic N) is 2. The van der Waals surface area contributed by atoms with Crippen molar-refractivity contribution in [3.8, 4) is 5.75 Å². The van der Waals surface area contributed by atoms with Crippen molar-refractivity contribution in [3.63, 3.8) is 0 Å². The van der Waals surface area contributed by atoms with Gasteiger partial charge in [-0.3, -0.25) is 4.98 Å². The summed E-state index contributed by atoms with van der Waals surface area (Å²) in [7, 11) is 0. The van der Waals surface area contributed by atoms with Gasteiger partial charge in [0.25, 0.3) is 0 Å². The Labute approximate surface area is 122 Å². The first-order valence-corrected chi connectivity index (χ1v) is 7.01. The lowest BCUT2D eigenvalue weighted by molar-refractivity contribution is 0.156. The summed E-state index contributed by atoms with van der Waals surface area (Å²) < 4.78 is 7.03. The molecule has 0 saturated carbocycles. The van der Waals surface area contributed by atoms with Crippen LogP contribution < -0.4 is 4.74 Å². The van der Waals surface area contributed by atoms with E-state index < -0.39 is 0 Å². The molecule has 16 heavy (non-hydrogen) atoms. The molecule has 88 valence electrons. The number of amides is 1. The molecule has 0 aromatic carbocycles. The van der Waals surface area contributed by atoms with Gasteiger partial charge in [-0.1, -0.05) is 0 Å². The van der Waals surface area contributed by atoms with Crippen molar-refractivity contribution in [2.45, 2.75) is 13.8 Å². The van der Waals surface area contributed by atoms with Crippen LogP contribution in [0.3, 0.4) is 0 Å². The van der Waals surface area contributed by atoms with Crippen molar-refractivity contribution < 1.29 is 9.53 Å². The Hall–Kier alpha value is -0.120. The second-order valence-corrected chi connectivity index (χ2v) is 5.30.